The number of hydrogen-bond donors (Lipinski definition) is 1. The molecule has 1 aliphatic heterocycles. The van der Waals surface area contributed by atoms with Crippen LogP contribution >= 0.6 is 0 Å². The molecule has 1 aromatic carbocycles. The van der Waals surface area contributed by atoms with E-state index >= 15 is 0 Å². The molecule has 2 rings (SSSR count). The summed E-state index contributed by atoms with van der Waals surface area (Å²) in [5, 5.41) is 9.85. The summed E-state index contributed by atoms with van der Waals surface area (Å²) in [6, 6.07) is 8.50. The maximum Gasteiger partial charge on any atom is 0.0831 e. The highest BCUT2D eigenvalue weighted by Gasteiger charge is 2.24. The van der Waals surface area contributed by atoms with Gasteiger partial charge in [0.05, 0.1) is 18.8 Å². The van der Waals surface area contributed by atoms with Crippen LogP contribution in [-0.4, -0.2) is 17.8 Å². The summed E-state index contributed by atoms with van der Waals surface area (Å²) in [7, 11) is 0. The van der Waals surface area contributed by atoms with Crippen LogP contribution in [0.15, 0.2) is 24.3 Å². The van der Waals surface area contributed by atoms with E-state index in [9.17, 15) is 5.11 Å². The molecule has 0 spiro atoms. The Hall–Kier alpha value is -0.860. The number of aliphatic hydroxyl groups is 1. The van der Waals surface area contributed by atoms with Gasteiger partial charge in [-0.15, -0.1) is 0 Å². The van der Waals surface area contributed by atoms with E-state index in [0.29, 0.717) is 0 Å². The van der Waals surface area contributed by atoms with Gasteiger partial charge in [0.15, 0.2) is 0 Å². The summed E-state index contributed by atoms with van der Waals surface area (Å²) in [5.74, 6) is 0.288. The molecule has 0 radical (unpaired) electrons. The summed E-state index contributed by atoms with van der Waals surface area (Å²) in [5.41, 5.74) is 2.72. The average Bonchev–Trinajstić information content (AvgIpc) is 2.38. The van der Waals surface area contributed by atoms with Gasteiger partial charge < -0.3 is 9.84 Å². The standard InChI is InChI=1S/C15H22O2/c1-3-14(16)11(2)10-15-13-7-5-4-6-12(13)8-9-17-15/h4-7,11,14-16H,3,8-10H2,1-2H3. The molecule has 0 aromatic heterocycles. The van der Waals surface area contributed by atoms with Crippen molar-refractivity contribution in [2.24, 2.45) is 5.92 Å². The number of benzene rings is 1. The Kier molecular flexibility index (Phi) is 4.19. The van der Waals surface area contributed by atoms with E-state index in [4.69, 9.17) is 4.74 Å². The first-order chi connectivity index (χ1) is 8.22. The molecule has 94 valence electrons. The summed E-state index contributed by atoms with van der Waals surface area (Å²) in [6.07, 6.45) is 2.68. The SMILES string of the molecule is CCC(O)C(C)CC1OCCc2ccccc21. The highest BCUT2D eigenvalue weighted by atomic mass is 16.5. The number of rotatable bonds is 4. The van der Waals surface area contributed by atoms with Gasteiger partial charge in [0.1, 0.15) is 0 Å². The van der Waals surface area contributed by atoms with Crippen molar-refractivity contribution in [3.8, 4) is 0 Å². The molecule has 0 saturated carbocycles. The number of ether oxygens (including phenoxy) is 1. The third kappa shape index (κ3) is 2.88. The summed E-state index contributed by atoms with van der Waals surface area (Å²) >= 11 is 0. The van der Waals surface area contributed by atoms with Crippen LogP contribution in [0.4, 0.5) is 0 Å². The minimum atomic E-state index is -0.215. The van der Waals surface area contributed by atoms with Crippen LogP contribution < -0.4 is 0 Å². The number of aliphatic hydroxyl groups excluding tert-OH is 1. The van der Waals surface area contributed by atoms with E-state index in [1.807, 2.05) is 6.92 Å². The molecule has 1 aliphatic rings. The number of fused-ring (bicyclic) bond motifs is 1. The first-order valence-corrected chi connectivity index (χ1v) is 6.59. The van der Waals surface area contributed by atoms with E-state index in [1.165, 1.54) is 11.1 Å². The van der Waals surface area contributed by atoms with Crippen molar-refractivity contribution in [2.45, 2.75) is 45.3 Å². The zero-order valence-electron chi connectivity index (χ0n) is 10.7. The maximum absolute atomic E-state index is 9.85. The minimum Gasteiger partial charge on any atom is -0.393 e. The quantitative estimate of drug-likeness (QED) is 0.867. The minimum absolute atomic E-state index is 0.163. The second-order valence-electron chi connectivity index (χ2n) is 5.00. The molecule has 1 N–H and O–H groups in total. The van der Waals surface area contributed by atoms with Gasteiger partial charge in [-0.2, -0.15) is 0 Å². The van der Waals surface area contributed by atoms with Gasteiger partial charge >= 0.3 is 0 Å². The predicted octanol–water partition coefficient (Wildman–Crippen LogP) is 3.10. The topological polar surface area (TPSA) is 29.5 Å². The average molecular weight is 234 g/mol. The van der Waals surface area contributed by atoms with Gasteiger partial charge in [0, 0.05) is 0 Å². The fourth-order valence-electron chi connectivity index (χ4n) is 2.57. The van der Waals surface area contributed by atoms with Crippen LogP contribution in [0.25, 0.3) is 0 Å². The summed E-state index contributed by atoms with van der Waals surface area (Å²) in [4.78, 5) is 0. The van der Waals surface area contributed by atoms with Gasteiger partial charge in [0.2, 0.25) is 0 Å². The maximum atomic E-state index is 9.85. The van der Waals surface area contributed by atoms with Crippen molar-refractivity contribution in [1.29, 1.82) is 0 Å². The van der Waals surface area contributed by atoms with Crippen LogP contribution in [0.5, 0.6) is 0 Å². The zero-order chi connectivity index (χ0) is 12.3. The fraction of sp³-hybridized carbons (Fsp3) is 0.600. The van der Waals surface area contributed by atoms with Gasteiger partial charge in [-0.05, 0) is 36.3 Å². The molecule has 0 saturated heterocycles. The number of hydrogen-bond acceptors (Lipinski definition) is 2. The lowest BCUT2D eigenvalue weighted by atomic mass is 9.89. The van der Waals surface area contributed by atoms with Crippen molar-refractivity contribution in [1.82, 2.24) is 0 Å². The molecule has 0 fully saturated rings. The molecule has 0 aliphatic carbocycles. The molecule has 2 nitrogen and oxygen atoms in total. The Morgan fingerprint density at radius 3 is 2.94 bits per heavy atom. The Bertz CT molecular complexity index is 362. The van der Waals surface area contributed by atoms with Crippen LogP contribution in [0.2, 0.25) is 0 Å². The van der Waals surface area contributed by atoms with Crippen LogP contribution in [0, 0.1) is 5.92 Å². The first-order valence-electron chi connectivity index (χ1n) is 6.59. The van der Waals surface area contributed by atoms with Gasteiger partial charge in [-0.1, -0.05) is 38.1 Å². The molecule has 0 bridgehead atoms. The predicted molar refractivity (Wildman–Crippen MR) is 68.9 cm³/mol. The van der Waals surface area contributed by atoms with Gasteiger partial charge in [0.25, 0.3) is 0 Å². The van der Waals surface area contributed by atoms with E-state index in [0.717, 1.165) is 25.9 Å². The molecule has 2 heteroatoms. The highest BCUT2D eigenvalue weighted by molar-refractivity contribution is 5.30. The normalized spacial score (nSPS) is 22.9. The molecule has 1 heterocycles. The Balaban J connectivity index is 2.08. The Labute approximate surface area is 104 Å². The second-order valence-corrected chi connectivity index (χ2v) is 5.00. The van der Waals surface area contributed by atoms with Gasteiger partial charge in [-0.25, -0.2) is 0 Å². The van der Waals surface area contributed by atoms with Crippen molar-refractivity contribution < 1.29 is 9.84 Å². The van der Waals surface area contributed by atoms with E-state index in [-0.39, 0.29) is 18.1 Å². The molecule has 1 aromatic rings. The van der Waals surface area contributed by atoms with Gasteiger partial charge in [-0.3, -0.25) is 0 Å². The molecule has 17 heavy (non-hydrogen) atoms. The lowest BCUT2D eigenvalue weighted by molar-refractivity contribution is 0.00523. The van der Waals surface area contributed by atoms with Crippen LogP contribution in [-0.2, 0) is 11.2 Å². The smallest absolute Gasteiger partial charge is 0.0831 e. The Morgan fingerprint density at radius 2 is 2.18 bits per heavy atom. The van der Waals surface area contributed by atoms with Crippen LogP contribution in [0.3, 0.4) is 0 Å². The Morgan fingerprint density at radius 1 is 1.41 bits per heavy atom. The van der Waals surface area contributed by atoms with Crippen molar-refractivity contribution >= 4 is 0 Å². The molecule has 0 amide bonds. The third-order valence-electron chi connectivity index (χ3n) is 3.75. The lowest BCUT2D eigenvalue weighted by Crippen LogP contribution is -2.23. The van der Waals surface area contributed by atoms with E-state index < -0.39 is 0 Å². The van der Waals surface area contributed by atoms with E-state index in [2.05, 4.69) is 31.2 Å². The van der Waals surface area contributed by atoms with Crippen molar-refractivity contribution in [2.75, 3.05) is 6.61 Å². The molecular weight excluding hydrogens is 212 g/mol. The molecule has 3 unspecified atom stereocenters. The lowest BCUT2D eigenvalue weighted by Gasteiger charge is -2.29. The zero-order valence-corrected chi connectivity index (χ0v) is 10.7. The monoisotopic (exact) mass is 234 g/mol. The summed E-state index contributed by atoms with van der Waals surface area (Å²) in [6.45, 7) is 4.93. The third-order valence-corrected chi connectivity index (χ3v) is 3.75. The summed E-state index contributed by atoms with van der Waals surface area (Å²) < 4.78 is 5.86. The highest BCUT2D eigenvalue weighted by Crippen LogP contribution is 2.32. The van der Waals surface area contributed by atoms with Crippen molar-refractivity contribution in [3.63, 3.8) is 0 Å². The van der Waals surface area contributed by atoms with Crippen molar-refractivity contribution in [3.05, 3.63) is 35.4 Å². The van der Waals surface area contributed by atoms with E-state index in [1.54, 1.807) is 0 Å². The fourth-order valence-corrected chi connectivity index (χ4v) is 2.57. The molecule has 3 atom stereocenters. The largest absolute Gasteiger partial charge is 0.393 e. The second kappa shape index (κ2) is 5.65. The van der Waals surface area contributed by atoms with Crippen LogP contribution in [0.1, 0.15) is 43.9 Å². The molecular formula is C15H22O2. The first kappa shape index (κ1) is 12.6.